The molecule has 2 rings (SSSR count). The third kappa shape index (κ3) is 4.10. The number of esters is 2. The van der Waals surface area contributed by atoms with Gasteiger partial charge in [-0.2, -0.15) is 0 Å². The molecule has 2 fully saturated rings. The average molecular weight is 332 g/mol. The van der Waals surface area contributed by atoms with Gasteiger partial charge in [0, 0.05) is 26.3 Å². The lowest BCUT2D eigenvalue weighted by Gasteiger charge is -2.36. The quantitative estimate of drug-likeness (QED) is 0.566. The lowest BCUT2D eigenvalue weighted by atomic mass is 9.98. The summed E-state index contributed by atoms with van der Waals surface area (Å²) in [4.78, 5) is 23.0. The Morgan fingerprint density at radius 2 is 1.96 bits per heavy atom. The van der Waals surface area contributed by atoms with Crippen LogP contribution >= 0.6 is 0 Å². The molecule has 0 aliphatic carbocycles. The van der Waals surface area contributed by atoms with E-state index in [2.05, 4.69) is 23.7 Å². The van der Waals surface area contributed by atoms with Crippen LogP contribution in [0.5, 0.6) is 0 Å². The van der Waals surface area contributed by atoms with Crippen LogP contribution in [0.2, 0.25) is 0 Å². The van der Waals surface area contributed by atoms with Crippen LogP contribution in [0.3, 0.4) is 0 Å². The van der Waals surface area contributed by atoms with Gasteiger partial charge in [0.05, 0.1) is 6.61 Å². The normalized spacial score (nSPS) is 29.7. The standard InChI is InChI=1S/C18H20O6/c1-4-5-6-7-10-15-16(22-13(2)19)17(23-14(3)20)18(24-15)11-8-9-12-21-18/h10,16-17H,8-9,11-12H2,1-3H3/b15-10-. The van der Waals surface area contributed by atoms with E-state index in [9.17, 15) is 9.59 Å². The molecule has 2 heterocycles. The van der Waals surface area contributed by atoms with E-state index in [4.69, 9.17) is 18.9 Å². The summed E-state index contributed by atoms with van der Waals surface area (Å²) in [5, 5.41) is 0. The van der Waals surface area contributed by atoms with E-state index in [-0.39, 0.29) is 0 Å². The second kappa shape index (κ2) is 7.90. The predicted octanol–water partition coefficient (Wildman–Crippen LogP) is 1.69. The lowest BCUT2D eigenvalue weighted by Crippen LogP contribution is -2.50. The average Bonchev–Trinajstić information content (AvgIpc) is 2.78. The molecule has 2 aliphatic rings. The lowest BCUT2D eigenvalue weighted by molar-refractivity contribution is -0.263. The van der Waals surface area contributed by atoms with Crippen molar-refractivity contribution in [3.63, 3.8) is 0 Å². The molecule has 2 saturated heterocycles. The Balaban J connectivity index is 2.38. The highest BCUT2D eigenvalue weighted by Crippen LogP contribution is 2.43. The van der Waals surface area contributed by atoms with Crippen molar-refractivity contribution in [1.29, 1.82) is 0 Å². The molecule has 128 valence electrons. The first-order chi connectivity index (χ1) is 11.5. The van der Waals surface area contributed by atoms with Crippen molar-refractivity contribution in [2.24, 2.45) is 0 Å². The summed E-state index contributed by atoms with van der Waals surface area (Å²) in [5.41, 5.74) is 0. The first kappa shape index (κ1) is 17.9. The van der Waals surface area contributed by atoms with Crippen molar-refractivity contribution in [3.05, 3.63) is 11.8 Å². The van der Waals surface area contributed by atoms with Gasteiger partial charge in [0.15, 0.2) is 5.76 Å². The Bertz CT molecular complexity index is 648. The Labute approximate surface area is 141 Å². The summed E-state index contributed by atoms with van der Waals surface area (Å²) >= 11 is 0. The Hall–Kier alpha value is -2.44. The fraction of sp³-hybridized carbons (Fsp3) is 0.556. The van der Waals surface area contributed by atoms with Gasteiger partial charge in [-0.3, -0.25) is 9.59 Å². The molecule has 24 heavy (non-hydrogen) atoms. The highest BCUT2D eigenvalue weighted by molar-refractivity contribution is 5.68. The largest absolute Gasteiger partial charge is 0.458 e. The van der Waals surface area contributed by atoms with Gasteiger partial charge < -0.3 is 18.9 Å². The number of ether oxygens (including phenoxy) is 4. The van der Waals surface area contributed by atoms with Crippen LogP contribution < -0.4 is 0 Å². The van der Waals surface area contributed by atoms with Gasteiger partial charge >= 0.3 is 11.9 Å². The van der Waals surface area contributed by atoms with E-state index in [0.717, 1.165) is 12.8 Å². The van der Waals surface area contributed by atoms with Crippen LogP contribution in [0.25, 0.3) is 0 Å². The molecule has 0 N–H and O–H groups in total. The number of carbonyl (C=O) groups excluding carboxylic acids is 2. The van der Waals surface area contributed by atoms with Crippen LogP contribution in [-0.4, -0.2) is 36.5 Å². The summed E-state index contributed by atoms with van der Waals surface area (Å²) in [7, 11) is 0. The smallest absolute Gasteiger partial charge is 0.303 e. The molecular weight excluding hydrogens is 312 g/mol. The zero-order valence-corrected chi connectivity index (χ0v) is 14.0. The molecule has 3 unspecified atom stereocenters. The first-order valence-electron chi connectivity index (χ1n) is 7.78. The molecule has 1 spiro atoms. The fourth-order valence-electron chi connectivity index (χ4n) is 2.74. The highest BCUT2D eigenvalue weighted by atomic mass is 16.7. The topological polar surface area (TPSA) is 71.1 Å². The van der Waals surface area contributed by atoms with Crippen molar-refractivity contribution < 1.29 is 28.5 Å². The third-order valence-electron chi connectivity index (χ3n) is 3.61. The van der Waals surface area contributed by atoms with Crippen LogP contribution in [0.15, 0.2) is 11.8 Å². The molecule has 0 aromatic carbocycles. The summed E-state index contributed by atoms with van der Waals surface area (Å²) < 4.78 is 22.5. The van der Waals surface area contributed by atoms with Gasteiger partial charge in [-0.1, -0.05) is 11.8 Å². The SMILES string of the molecule is CC#CC#C/C=C1\OC2(CCCCO2)C(OC(C)=O)C1OC(C)=O. The molecule has 0 aromatic heterocycles. The summed E-state index contributed by atoms with van der Waals surface area (Å²) in [6.45, 7) is 4.73. The zero-order valence-electron chi connectivity index (χ0n) is 14.0. The fourth-order valence-corrected chi connectivity index (χ4v) is 2.74. The summed E-state index contributed by atoms with van der Waals surface area (Å²) in [5.74, 6) is 8.75. The van der Waals surface area contributed by atoms with E-state index in [1.165, 1.54) is 19.9 Å². The maximum atomic E-state index is 11.5. The number of carbonyl (C=O) groups is 2. The van der Waals surface area contributed by atoms with E-state index in [0.29, 0.717) is 18.8 Å². The van der Waals surface area contributed by atoms with Gasteiger partial charge in [-0.15, -0.1) is 0 Å². The van der Waals surface area contributed by atoms with Crippen molar-refractivity contribution in [1.82, 2.24) is 0 Å². The molecule has 3 atom stereocenters. The molecule has 0 radical (unpaired) electrons. The second-order valence-electron chi connectivity index (χ2n) is 5.47. The minimum absolute atomic E-state index is 0.295. The van der Waals surface area contributed by atoms with Crippen molar-refractivity contribution in [2.45, 2.75) is 58.0 Å². The monoisotopic (exact) mass is 332 g/mol. The third-order valence-corrected chi connectivity index (χ3v) is 3.61. The van der Waals surface area contributed by atoms with E-state index in [1.807, 2.05) is 0 Å². The molecule has 6 nitrogen and oxygen atoms in total. The maximum absolute atomic E-state index is 11.5. The van der Waals surface area contributed by atoms with Gasteiger partial charge in [0.2, 0.25) is 12.2 Å². The second-order valence-corrected chi connectivity index (χ2v) is 5.47. The zero-order chi connectivity index (χ0) is 17.6. The Kier molecular flexibility index (Phi) is 5.89. The van der Waals surface area contributed by atoms with Gasteiger partial charge in [-0.05, 0) is 31.6 Å². The number of rotatable bonds is 2. The van der Waals surface area contributed by atoms with Crippen LogP contribution in [-0.2, 0) is 28.5 Å². The van der Waals surface area contributed by atoms with Crippen molar-refractivity contribution >= 4 is 11.9 Å². The minimum atomic E-state index is -1.14. The number of allylic oxidation sites excluding steroid dienone is 1. The molecule has 2 aliphatic heterocycles. The van der Waals surface area contributed by atoms with Crippen LogP contribution in [0, 0.1) is 23.7 Å². The van der Waals surface area contributed by atoms with Crippen molar-refractivity contribution in [3.8, 4) is 23.7 Å². The Morgan fingerprint density at radius 1 is 1.21 bits per heavy atom. The number of hydrogen-bond donors (Lipinski definition) is 0. The molecule has 0 amide bonds. The van der Waals surface area contributed by atoms with Crippen molar-refractivity contribution in [2.75, 3.05) is 6.61 Å². The van der Waals surface area contributed by atoms with E-state index in [1.54, 1.807) is 6.92 Å². The molecule has 0 bridgehead atoms. The molecular formula is C18H20O6. The molecule has 0 aromatic rings. The highest BCUT2D eigenvalue weighted by Gasteiger charge is 2.59. The predicted molar refractivity (Wildman–Crippen MR) is 84.0 cm³/mol. The minimum Gasteiger partial charge on any atom is -0.458 e. The summed E-state index contributed by atoms with van der Waals surface area (Å²) in [6.07, 6.45) is 1.98. The van der Waals surface area contributed by atoms with E-state index >= 15 is 0 Å². The number of hydrogen-bond acceptors (Lipinski definition) is 6. The molecule has 6 heteroatoms. The first-order valence-corrected chi connectivity index (χ1v) is 7.78. The Morgan fingerprint density at radius 3 is 2.54 bits per heavy atom. The van der Waals surface area contributed by atoms with Gasteiger partial charge in [-0.25, -0.2) is 0 Å². The summed E-state index contributed by atoms with van der Waals surface area (Å²) in [6, 6.07) is 0. The van der Waals surface area contributed by atoms with E-state index < -0.39 is 29.9 Å². The van der Waals surface area contributed by atoms with Crippen LogP contribution in [0.1, 0.15) is 40.0 Å². The van der Waals surface area contributed by atoms with Gasteiger partial charge in [0.1, 0.15) is 0 Å². The van der Waals surface area contributed by atoms with Gasteiger partial charge in [0.25, 0.3) is 5.79 Å². The molecule has 0 saturated carbocycles. The maximum Gasteiger partial charge on any atom is 0.303 e. The van der Waals surface area contributed by atoms with Crippen LogP contribution in [0.4, 0.5) is 0 Å².